The standard InChI is InChI=1S/C18H19NO2/c1-14(16-10-6-7-11-17(16)20)19(2)18(21)13-12-15-8-4-3-5-9-15/h3-14,20H,1-2H3/b13-12+. The Balaban J connectivity index is 2.09. The lowest BCUT2D eigenvalue weighted by molar-refractivity contribution is -0.126. The Labute approximate surface area is 125 Å². The van der Waals surface area contributed by atoms with Crippen molar-refractivity contribution < 1.29 is 9.90 Å². The molecule has 0 saturated heterocycles. The van der Waals surface area contributed by atoms with Crippen molar-refractivity contribution in [2.24, 2.45) is 0 Å². The second-order valence-electron chi connectivity index (χ2n) is 4.93. The van der Waals surface area contributed by atoms with Gasteiger partial charge in [0.1, 0.15) is 5.75 Å². The number of carbonyl (C=O) groups is 1. The van der Waals surface area contributed by atoms with Crippen LogP contribution in [0, 0.1) is 0 Å². The van der Waals surface area contributed by atoms with Crippen LogP contribution in [0.2, 0.25) is 0 Å². The molecule has 0 spiro atoms. The summed E-state index contributed by atoms with van der Waals surface area (Å²) in [7, 11) is 1.73. The molecule has 2 aromatic carbocycles. The molecule has 0 aliphatic rings. The number of aromatic hydroxyl groups is 1. The van der Waals surface area contributed by atoms with E-state index in [2.05, 4.69) is 0 Å². The maximum absolute atomic E-state index is 12.2. The normalized spacial score (nSPS) is 12.3. The minimum atomic E-state index is -0.195. The van der Waals surface area contributed by atoms with Crippen molar-refractivity contribution in [2.45, 2.75) is 13.0 Å². The molecule has 0 fully saturated rings. The van der Waals surface area contributed by atoms with Gasteiger partial charge in [-0.3, -0.25) is 4.79 Å². The molecule has 0 saturated carbocycles. The number of amides is 1. The van der Waals surface area contributed by atoms with Crippen LogP contribution in [0.15, 0.2) is 60.7 Å². The summed E-state index contributed by atoms with van der Waals surface area (Å²) in [5.74, 6) is 0.103. The Morgan fingerprint density at radius 1 is 1.10 bits per heavy atom. The van der Waals surface area contributed by atoms with Crippen LogP contribution in [0.25, 0.3) is 6.08 Å². The molecule has 3 nitrogen and oxygen atoms in total. The van der Waals surface area contributed by atoms with Gasteiger partial charge in [0.15, 0.2) is 0 Å². The number of rotatable bonds is 4. The molecule has 0 aromatic heterocycles. The number of para-hydroxylation sites is 1. The van der Waals surface area contributed by atoms with Crippen LogP contribution in [0.3, 0.4) is 0 Å². The summed E-state index contributed by atoms with van der Waals surface area (Å²) in [5, 5.41) is 9.86. The third-order valence-corrected chi connectivity index (χ3v) is 3.53. The van der Waals surface area contributed by atoms with Crippen molar-refractivity contribution >= 4 is 12.0 Å². The zero-order valence-corrected chi connectivity index (χ0v) is 12.2. The third kappa shape index (κ3) is 3.72. The van der Waals surface area contributed by atoms with Crippen molar-refractivity contribution in [3.05, 3.63) is 71.8 Å². The Morgan fingerprint density at radius 3 is 2.38 bits per heavy atom. The van der Waals surface area contributed by atoms with Crippen LogP contribution in [-0.4, -0.2) is 23.0 Å². The summed E-state index contributed by atoms with van der Waals surface area (Å²) in [4.78, 5) is 13.8. The molecule has 1 unspecified atom stereocenters. The predicted octanol–water partition coefficient (Wildman–Crippen LogP) is 3.63. The van der Waals surface area contributed by atoms with E-state index in [0.29, 0.717) is 0 Å². The van der Waals surface area contributed by atoms with E-state index in [1.165, 1.54) is 0 Å². The van der Waals surface area contributed by atoms with Crippen molar-refractivity contribution in [3.8, 4) is 5.75 Å². The number of hydrogen-bond donors (Lipinski definition) is 1. The van der Waals surface area contributed by atoms with Crippen molar-refractivity contribution in [2.75, 3.05) is 7.05 Å². The number of hydrogen-bond acceptors (Lipinski definition) is 2. The fourth-order valence-corrected chi connectivity index (χ4v) is 2.09. The second-order valence-corrected chi connectivity index (χ2v) is 4.93. The first kappa shape index (κ1) is 14.9. The summed E-state index contributed by atoms with van der Waals surface area (Å²) in [5.41, 5.74) is 1.72. The van der Waals surface area contributed by atoms with Gasteiger partial charge in [0.2, 0.25) is 5.91 Å². The van der Waals surface area contributed by atoms with Crippen molar-refractivity contribution in [1.29, 1.82) is 0 Å². The Morgan fingerprint density at radius 2 is 1.71 bits per heavy atom. The smallest absolute Gasteiger partial charge is 0.246 e. The van der Waals surface area contributed by atoms with Gasteiger partial charge in [-0.1, -0.05) is 48.5 Å². The summed E-state index contributed by atoms with van der Waals surface area (Å²) in [6.45, 7) is 1.89. The van der Waals surface area contributed by atoms with Gasteiger partial charge in [-0.2, -0.15) is 0 Å². The van der Waals surface area contributed by atoms with E-state index >= 15 is 0 Å². The molecular formula is C18H19NO2. The van der Waals surface area contributed by atoms with Crippen LogP contribution in [0.5, 0.6) is 5.75 Å². The minimum absolute atomic E-state index is 0.102. The van der Waals surface area contributed by atoms with E-state index in [9.17, 15) is 9.90 Å². The molecule has 0 aliphatic heterocycles. The summed E-state index contributed by atoms with van der Waals surface area (Å²) < 4.78 is 0. The van der Waals surface area contributed by atoms with E-state index < -0.39 is 0 Å². The van der Waals surface area contributed by atoms with Crippen LogP contribution in [0.1, 0.15) is 24.1 Å². The molecular weight excluding hydrogens is 262 g/mol. The summed E-state index contributed by atoms with van der Waals surface area (Å²) in [6, 6.07) is 16.6. The van der Waals surface area contributed by atoms with Gasteiger partial charge in [0.05, 0.1) is 6.04 Å². The first-order valence-corrected chi connectivity index (χ1v) is 6.87. The summed E-state index contributed by atoms with van der Waals surface area (Å²) in [6.07, 6.45) is 3.34. The molecule has 2 aromatic rings. The third-order valence-electron chi connectivity index (χ3n) is 3.53. The monoisotopic (exact) mass is 281 g/mol. The molecule has 2 rings (SSSR count). The number of phenolic OH excluding ortho intramolecular Hbond substituents is 1. The Kier molecular flexibility index (Phi) is 4.77. The fraction of sp³-hybridized carbons (Fsp3) is 0.167. The van der Waals surface area contributed by atoms with E-state index in [0.717, 1.165) is 11.1 Å². The van der Waals surface area contributed by atoms with Crippen LogP contribution >= 0.6 is 0 Å². The van der Waals surface area contributed by atoms with Gasteiger partial charge in [-0.25, -0.2) is 0 Å². The summed E-state index contributed by atoms with van der Waals surface area (Å²) >= 11 is 0. The first-order valence-electron chi connectivity index (χ1n) is 6.87. The van der Waals surface area contributed by atoms with Gasteiger partial charge < -0.3 is 10.0 Å². The molecule has 0 radical (unpaired) electrons. The highest BCUT2D eigenvalue weighted by Gasteiger charge is 2.17. The largest absolute Gasteiger partial charge is 0.508 e. The maximum Gasteiger partial charge on any atom is 0.246 e. The highest BCUT2D eigenvalue weighted by Crippen LogP contribution is 2.27. The van der Waals surface area contributed by atoms with Gasteiger partial charge in [-0.05, 0) is 24.6 Å². The number of benzene rings is 2. The predicted molar refractivity (Wildman–Crippen MR) is 84.8 cm³/mol. The number of likely N-dealkylation sites (N-methyl/N-ethyl adjacent to an activating group) is 1. The molecule has 21 heavy (non-hydrogen) atoms. The maximum atomic E-state index is 12.2. The lowest BCUT2D eigenvalue weighted by Gasteiger charge is -2.24. The molecule has 0 aliphatic carbocycles. The molecule has 3 heteroatoms. The topological polar surface area (TPSA) is 40.5 Å². The fourth-order valence-electron chi connectivity index (χ4n) is 2.09. The van der Waals surface area contributed by atoms with E-state index in [4.69, 9.17) is 0 Å². The quantitative estimate of drug-likeness (QED) is 0.869. The van der Waals surface area contributed by atoms with E-state index in [1.807, 2.05) is 49.4 Å². The molecule has 1 amide bonds. The lowest BCUT2D eigenvalue weighted by atomic mass is 10.1. The van der Waals surface area contributed by atoms with Crippen LogP contribution in [0.4, 0.5) is 0 Å². The van der Waals surface area contributed by atoms with Gasteiger partial charge >= 0.3 is 0 Å². The molecule has 0 bridgehead atoms. The second kappa shape index (κ2) is 6.75. The molecule has 0 heterocycles. The van der Waals surface area contributed by atoms with Gasteiger partial charge in [0, 0.05) is 18.7 Å². The Hall–Kier alpha value is -2.55. The van der Waals surface area contributed by atoms with E-state index in [1.54, 1.807) is 36.2 Å². The average molecular weight is 281 g/mol. The number of phenols is 1. The number of nitrogens with zero attached hydrogens (tertiary/aromatic N) is 1. The highest BCUT2D eigenvalue weighted by atomic mass is 16.3. The zero-order valence-electron chi connectivity index (χ0n) is 12.2. The molecule has 1 N–H and O–H groups in total. The number of carbonyl (C=O) groups excluding carboxylic acids is 1. The zero-order chi connectivity index (χ0) is 15.2. The van der Waals surface area contributed by atoms with Gasteiger partial charge in [-0.15, -0.1) is 0 Å². The van der Waals surface area contributed by atoms with Gasteiger partial charge in [0.25, 0.3) is 0 Å². The van der Waals surface area contributed by atoms with Crippen molar-refractivity contribution in [3.63, 3.8) is 0 Å². The van der Waals surface area contributed by atoms with Crippen LogP contribution in [-0.2, 0) is 4.79 Å². The van der Waals surface area contributed by atoms with Crippen molar-refractivity contribution in [1.82, 2.24) is 4.90 Å². The molecule has 108 valence electrons. The van der Waals surface area contributed by atoms with E-state index in [-0.39, 0.29) is 17.7 Å². The molecule has 1 atom stereocenters. The SMILES string of the molecule is CC(c1ccccc1O)N(C)C(=O)/C=C/c1ccccc1. The Bertz CT molecular complexity index is 635. The highest BCUT2D eigenvalue weighted by molar-refractivity contribution is 5.91. The minimum Gasteiger partial charge on any atom is -0.508 e. The first-order chi connectivity index (χ1) is 10.1. The van der Waals surface area contributed by atoms with Crippen LogP contribution < -0.4 is 0 Å². The lowest BCUT2D eigenvalue weighted by Crippen LogP contribution is -2.28. The average Bonchev–Trinajstić information content (AvgIpc) is 2.52.